The van der Waals surface area contributed by atoms with Crippen LogP contribution in [-0.4, -0.2) is 46.7 Å². The highest BCUT2D eigenvalue weighted by molar-refractivity contribution is 5.89. The van der Waals surface area contributed by atoms with Crippen molar-refractivity contribution < 1.29 is 24.5 Å². The normalized spacial score (nSPS) is 17.2. The highest BCUT2D eigenvalue weighted by atomic mass is 16.5. The van der Waals surface area contributed by atoms with Crippen LogP contribution in [0.5, 0.6) is 5.75 Å². The summed E-state index contributed by atoms with van der Waals surface area (Å²) < 4.78 is 5.22. The Hall–Kier alpha value is -2.86. The molecule has 2 N–H and O–H groups in total. The molecule has 0 aromatic heterocycles. The molecule has 136 valence electrons. The molecule has 0 bridgehead atoms. The van der Waals surface area contributed by atoms with Crippen LogP contribution in [0.2, 0.25) is 0 Å². The minimum Gasteiger partial charge on any atom is -0.482 e. The van der Waals surface area contributed by atoms with Crippen LogP contribution in [0.4, 0.5) is 0 Å². The van der Waals surface area contributed by atoms with Crippen LogP contribution in [0.3, 0.4) is 0 Å². The van der Waals surface area contributed by atoms with Gasteiger partial charge in [0.15, 0.2) is 6.61 Å². The summed E-state index contributed by atoms with van der Waals surface area (Å²) in [5.41, 5.74) is 2.31. The fraction of sp³-hybridized carbons (Fsp3) is 0.300. The summed E-state index contributed by atoms with van der Waals surface area (Å²) in [5, 5.41) is 18.1. The molecule has 1 aliphatic rings. The molecule has 0 amide bonds. The Kier molecular flexibility index (Phi) is 5.53. The summed E-state index contributed by atoms with van der Waals surface area (Å²) in [7, 11) is 0. The summed E-state index contributed by atoms with van der Waals surface area (Å²) in [6.45, 7) is 2.04. The van der Waals surface area contributed by atoms with Crippen LogP contribution in [0.1, 0.15) is 33.8 Å². The second-order valence-corrected chi connectivity index (χ2v) is 6.44. The average molecular weight is 355 g/mol. The summed E-state index contributed by atoms with van der Waals surface area (Å²) >= 11 is 0. The Bertz CT molecular complexity index is 804. The summed E-state index contributed by atoms with van der Waals surface area (Å²) in [6.07, 6.45) is 0.916. The first kappa shape index (κ1) is 17.9. The van der Waals surface area contributed by atoms with Gasteiger partial charge < -0.3 is 14.9 Å². The van der Waals surface area contributed by atoms with Gasteiger partial charge in [-0.3, -0.25) is 4.90 Å². The van der Waals surface area contributed by atoms with Gasteiger partial charge in [0.1, 0.15) is 5.75 Å². The lowest BCUT2D eigenvalue weighted by Crippen LogP contribution is -2.20. The van der Waals surface area contributed by atoms with Gasteiger partial charge in [-0.15, -0.1) is 0 Å². The predicted octanol–water partition coefficient (Wildman–Crippen LogP) is 2.84. The van der Waals surface area contributed by atoms with E-state index in [4.69, 9.17) is 9.84 Å². The molecule has 0 unspecified atom stereocenters. The summed E-state index contributed by atoms with van der Waals surface area (Å²) in [5.74, 6) is -1.15. The van der Waals surface area contributed by atoms with Gasteiger partial charge in [0, 0.05) is 13.1 Å². The van der Waals surface area contributed by atoms with Crippen molar-refractivity contribution in [3.8, 4) is 5.75 Å². The van der Waals surface area contributed by atoms with Crippen molar-refractivity contribution in [1.82, 2.24) is 4.90 Å². The van der Waals surface area contributed by atoms with Gasteiger partial charge >= 0.3 is 11.9 Å². The third-order valence-electron chi connectivity index (χ3n) is 4.57. The molecule has 0 saturated carbocycles. The highest BCUT2D eigenvalue weighted by Crippen LogP contribution is 2.30. The standard InChI is InChI=1S/C20H21NO5/c22-19(23)13-26-16-5-3-4-14(10-16)11-21-9-8-15(12-21)17-6-1-2-7-18(17)20(24)25/h1-7,10,15H,8-9,11-13H2,(H,22,23)(H,24,25)/t15-/m0/s1. The quantitative estimate of drug-likeness (QED) is 0.794. The van der Waals surface area contributed by atoms with E-state index in [0.717, 1.165) is 37.2 Å². The van der Waals surface area contributed by atoms with E-state index in [9.17, 15) is 14.7 Å². The van der Waals surface area contributed by atoms with Crippen molar-refractivity contribution in [2.75, 3.05) is 19.7 Å². The SMILES string of the molecule is O=C(O)COc1cccc(CN2CC[C@H](c3ccccc3C(=O)O)C2)c1. The number of hydrogen-bond donors (Lipinski definition) is 2. The monoisotopic (exact) mass is 355 g/mol. The first-order valence-electron chi connectivity index (χ1n) is 8.51. The lowest BCUT2D eigenvalue weighted by atomic mass is 9.93. The zero-order chi connectivity index (χ0) is 18.5. The van der Waals surface area contributed by atoms with E-state index in [1.165, 1.54) is 0 Å². The van der Waals surface area contributed by atoms with E-state index < -0.39 is 11.9 Å². The molecular formula is C20H21NO5. The molecule has 2 aromatic carbocycles. The maximum absolute atomic E-state index is 11.4. The van der Waals surface area contributed by atoms with Crippen molar-refractivity contribution in [1.29, 1.82) is 0 Å². The summed E-state index contributed by atoms with van der Waals surface area (Å²) in [6, 6.07) is 14.6. The number of nitrogens with zero attached hydrogens (tertiary/aromatic N) is 1. The van der Waals surface area contributed by atoms with Crippen LogP contribution in [0, 0.1) is 0 Å². The number of ether oxygens (including phenoxy) is 1. The minimum absolute atomic E-state index is 0.203. The van der Waals surface area contributed by atoms with Gasteiger partial charge in [-0.2, -0.15) is 0 Å². The minimum atomic E-state index is -1.00. The molecule has 1 aliphatic heterocycles. The molecule has 2 aromatic rings. The molecule has 1 saturated heterocycles. The van der Waals surface area contributed by atoms with Crippen LogP contribution >= 0.6 is 0 Å². The first-order chi connectivity index (χ1) is 12.5. The Balaban J connectivity index is 1.64. The molecule has 26 heavy (non-hydrogen) atoms. The van der Waals surface area contributed by atoms with Gasteiger partial charge in [-0.1, -0.05) is 30.3 Å². The topological polar surface area (TPSA) is 87.1 Å². The molecule has 6 nitrogen and oxygen atoms in total. The molecule has 0 spiro atoms. The molecule has 3 rings (SSSR count). The lowest BCUT2D eigenvalue weighted by molar-refractivity contribution is -0.139. The van der Waals surface area contributed by atoms with Crippen LogP contribution in [0.15, 0.2) is 48.5 Å². The Morgan fingerprint density at radius 3 is 2.69 bits per heavy atom. The van der Waals surface area contributed by atoms with Crippen molar-refractivity contribution in [3.05, 3.63) is 65.2 Å². The number of rotatable bonds is 7. The third kappa shape index (κ3) is 4.40. The maximum atomic E-state index is 11.4. The number of aromatic carboxylic acids is 1. The second-order valence-electron chi connectivity index (χ2n) is 6.44. The smallest absolute Gasteiger partial charge is 0.341 e. The molecule has 1 atom stereocenters. The van der Waals surface area contributed by atoms with Crippen LogP contribution < -0.4 is 4.74 Å². The van der Waals surface area contributed by atoms with Crippen LogP contribution in [-0.2, 0) is 11.3 Å². The molecule has 1 heterocycles. The first-order valence-corrected chi connectivity index (χ1v) is 8.51. The number of benzene rings is 2. The fourth-order valence-electron chi connectivity index (χ4n) is 3.41. The van der Waals surface area contributed by atoms with Crippen molar-refractivity contribution >= 4 is 11.9 Å². The van der Waals surface area contributed by atoms with Gasteiger partial charge in [-0.05, 0) is 48.2 Å². The molecule has 6 heteroatoms. The van der Waals surface area contributed by atoms with E-state index in [1.807, 2.05) is 30.3 Å². The van der Waals surface area contributed by atoms with E-state index in [1.54, 1.807) is 18.2 Å². The number of aliphatic carboxylic acids is 1. The van der Waals surface area contributed by atoms with Crippen LogP contribution in [0.25, 0.3) is 0 Å². The number of carbonyl (C=O) groups is 2. The van der Waals surface area contributed by atoms with Crippen molar-refractivity contribution in [2.24, 2.45) is 0 Å². The number of carboxylic acid groups (broad SMARTS) is 2. The third-order valence-corrected chi connectivity index (χ3v) is 4.57. The summed E-state index contributed by atoms with van der Waals surface area (Å²) in [4.78, 5) is 24.3. The van der Waals surface area contributed by atoms with E-state index in [-0.39, 0.29) is 12.5 Å². The number of hydrogen-bond acceptors (Lipinski definition) is 4. The Labute approximate surface area is 151 Å². The van der Waals surface area contributed by atoms with E-state index in [0.29, 0.717) is 11.3 Å². The number of carboxylic acids is 2. The molecule has 0 radical (unpaired) electrons. The lowest BCUT2D eigenvalue weighted by Gasteiger charge is -2.17. The second kappa shape index (κ2) is 8.01. The average Bonchev–Trinajstić information content (AvgIpc) is 3.08. The zero-order valence-corrected chi connectivity index (χ0v) is 14.3. The highest BCUT2D eigenvalue weighted by Gasteiger charge is 2.27. The van der Waals surface area contributed by atoms with Crippen molar-refractivity contribution in [2.45, 2.75) is 18.9 Å². The van der Waals surface area contributed by atoms with Crippen molar-refractivity contribution in [3.63, 3.8) is 0 Å². The Morgan fingerprint density at radius 2 is 1.92 bits per heavy atom. The van der Waals surface area contributed by atoms with E-state index in [2.05, 4.69) is 4.90 Å². The van der Waals surface area contributed by atoms with Gasteiger partial charge in [0.05, 0.1) is 5.56 Å². The van der Waals surface area contributed by atoms with Gasteiger partial charge in [0.2, 0.25) is 0 Å². The molecule has 1 fully saturated rings. The molecular weight excluding hydrogens is 334 g/mol. The zero-order valence-electron chi connectivity index (χ0n) is 14.3. The number of likely N-dealkylation sites (tertiary alicyclic amines) is 1. The Morgan fingerprint density at radius 1 is 1.12 bits per heavy atom. The maximum Gasteiger partial charge on any atom is 0.341 e. The van der Waals surface area contributed by atoms with Gasteiger partial charge in [0.25, 0.3) is 0 Å². The van der Waals surface area contributed by atoms with Gasteiger partial charge in [-0.25, -0.2) is 9.59 Å². The predicted molar refractivity (Wildman–Crippen MR) is 95.6 cm³/mol. The fourth-order valence-corrected chi connectivity index (χ4v) is 3.41. The van der Waals surface area contributed by atoms with E-state index >= 15 is 0 Å². The largest absolute Gasteiger partial charge is 0.482 e. The molecule has 0 aliphatic carbocycles.